The average molecular weight is 438 g/mol. The number of para-hydroxylation sites is 2. The van der Waals surface area contributed by atoms with Gasteiger partial charge in [0.1, 0.15) is 11.5 Å². The molecule has 0 spiro atoms. The molecular weight excluding hydrogens is 418 g/mol. The third-order valence-corrected chi connectivity index (χ3v) is 4.33. The minimum Gasteiger partial charge on any atom is -0.495 e. The molecule has 0 aliphatic heterocycles. The van der Waals surface area contributed by atoms with Gasteiger partial charge in [-0.05, 0) is 60.2 Å². The van der Waals surface area contributed by atoms with Crippen LogP contribution in [0.5, 0.6) is 11.5 Å². The van der Waals surface area contributed by atoms with Crippen molar-refractivity contribution in [2.24, 2.45) is 5.10 Å². The molecule has 3 rings (SSSR count). The van der Waals surface area contributed by atoms with E-state index in [1.807, 2.05) is 6.07 Å². The normalized spacial score (nSPS) is 10.5. The van der Waals surface area contributed by atoms with Gasteiger partial charge >= 0.3 is 0 Å². The van der Waals surface area contributed by atoms with E-state index in [9.17, 15) is 9.59 Å². The summed E-state index contributed by atoms with van der Waals surface area (Å²) in [5, 5.41) is 7.15. The zero-order chi connectivity index (χ0) is 22.1. The summed E-state index contributed by atoms with van der Waals surface area (Å²) in [4.78, 5) is 24.1. The van der Waals surface area contributed by atoms with Crippen LogP contribution in [0.25, 0.3) is 0 Å². The Morgan fingerprint density at radius 2 is 1.81 bits per heavy atom. The zero-order valence-corrected chi connectivity index (χ0v) is 17.4. The SMILES string of the molecule is COc1ccccc1NC(=O)COc1ccc(/C=N\NC(=O)c2cccc(Cl)c2)cc1. The molecule has 0 saturated heterocycles. The summed E-state index contributed by atoms with van der Waals surface area (Å²) in [6.45, 7) is -0.152. The third kappa shape index (κ3) is 6.58. The van der Waals surface area contributed by atoms with Crippen molar-refractivity contribution in [3.8, 4) is 11.5 Å². The van der Waals surface area contributed by atoms with Gasteiger partial charge in [-0.25, -0.2) is 5.43 Å². The molecule has 3 aromatic carbocycles. The Morgan fingerprint density at radius 1 is 1.03 bits per heavy atom. The summed E-state index contributed by atoms with van der Waals surface area (Å²) in [6.07, 6.45) is 1.50. The Labute approximate surface area is 184 Å². The number of hydrogen-bond donors (Lipinski definition) is 2. The second-order valence-corrected chi connectivity index (χ2v) is 6.75. The number of amides is 2. The van der Waals surface area contributed by atoms with E-state index in [1.54, 1.807) is 66.7 Å². The maximum absolute atomic E-state index is 12.1. The van der Waals surface area contributed by atoms with E-state index in [-0.39, 0.29) is 18.4 Å². The van der Waals surface area contributed by atoms with Crippen LogP contribution in [0.4, 0.5) is 5.69 Å². The second kappa shape index (κ2) is 10.8. The number of methoxy groups -OCH3 is 1. The Bertz CT molecular complexity index is 1080. The lowest BCUT2D eigenvalue weighted by molar-refractivity contribution is -0.118. The fourth-order valence-electron chi connectivity index (χ4n) is 2.59. The highest BCUT2D eigenvalue weighted by atomic mass is 35.5. The molecule has 0 atom stereocenters. The molecule has 2 amide bonds. The summed E-state index contributed by atoms with van der Waals surface area (Å²) >= 11 is 5.87. The van der Waals surface area contributed by atoms with Crippen molar-refractivity contribution in [3.63, 3.8) is 0 Å². The van der Waals surface area contributed by atoms with Crippen molar-refractivity contribution < 1.29 is 19.1 Å². The molecule has 0 bridgehead atoms. The molecule has 0 aliphatic carbocycles. The molecular formula is C23H20ClN3O4. The smallest absolute Gasteiger partial charge is 0.271 e. The van der Waals surface area contributed by atoms with E-state index in [0.717, 1.165) is 5.56 Å². The van der Waals surface area contributed by atoms with Gasteiger partial charge in [0.25, 0.3) is 11.8 Å². The molecule has 8 heteroatoms. The first kappa shape index (κ1) is 21.9. The Morgan fingerprint density at radius 3 is 2.55 bits per heavy atom. The molecule has 0 saturated carbocycles. The molecule has 158 valence electrons. The van der Waals surface area contributed by atoms with Crippen molar-refractivity contribution in [3.05, 3.63) is 88.9 Å². The predicted molar refractivity (Wildman–Crippen MR) is 120 cm³/mol. The summed E-state index contributed by atoms with van der Waals surface area (Å²) < 4.78 is 10.7. The van der Waals surface area contributed by atoms with Gasteiger partial charge in [0.15, 0.2) is 6.61 Å². The lowest BCUT2D eigenvalue weighted by Crippen LogP contribution is -2.20. The molecule has 2 N–H and O–H groups in total. The van der Waals surface area contributed by atoms with Crippen molar-refractivity contribution in [1.29, 1.82) is 0 Å². The second-order valence-electron chi connectivity index (χ2n) is 6.32. The summed E-state index contributed by atoms with van der Waals surface area (Å²) in [7, 11) is 1.54. The maximum atomic E-state index is 12.1. The van der Waals surface area contributed by atoms with Crippen molar-refractivity contribution >= 4 is 35.3 Å². The highest BCUT2D eigenvalue weighted by molar-refractivity contribution is 6.30. The van der Waals surface area contributed by atoms with E-state index >= 15 is 0 Å². The zero-order valence-electron chi connectivity index (χ0n) is 16.7. The van der Waals surface area contributed by atoms with Crippen LogP contribution >= 0.6 is 11.6 Å². The van der Waals surface area contributed by atoms with Gasteiger partial charge in [-0.1, -0.05) is 29.8 Å². The van der Waals surface area contributed by atoms with Gasteiger partial charge in [-0.2, -0.15) is 5.10 Å². The molecule has 0 unspecified atom stereocenters. The number of halogens is 1. The molecule has 0 fully saturated rings. The number of nitrogens with one attached hydrogen (secondary N) is 2. The van der Waals surface area contributed by atoms with E-state index in [2.05, 4.69) is 15.8 Å². The van der Waals surface area contributed by atoms with Crippen LogP contribution in [0.2, 0.25) is 5.02 Å². The van der Waals surface area contributed by atoms with Crippen LogP contribution in [-0.4, -0.2) is 31.7 Å². The van der Waals surface area contributed by atoms with Crippen molar-refractivity contribution in [1.82, 2.24) is 5.43 Å². The van der Waals surface area contributed by atoms with Gasteiger partial charge in [-0.15, -0.1) is 0 Å². The molecule has 0 aromatic heterocycles. The molecule has 31 heavy (non-hydrogen) atoms. The summed E-state index contributed by atoms with van der Waals surface area (Å²) in [5.74, 6) is 0.427. The quantitative estimate of drug-likeness (QED) is 0.409. The lowest BCUT2D eigenvalue weighted by Gasteiger charge is -2.10. The number of benzene rings is 3. The van der Waals surface area contributed by atoms with Crippen molar-refractivity contribution in [2.45, 2.75) is 0 Å². The van der Waals surface area contributed by atoms with Crippen LogP contribution in [-0.2, 0) is 4.79 Å². The number of nitrogens with zero attached hydrogens (tertiary/aromatic N) is 1. The predicted octanol–water partition coefficient (Wildman–Crippen LogP) is 4.13. The number of hydrogen-bond acceptors (Lipinski definition) is 5. The number of carbonyl (C=O) groups excluding carboxylic acids is 2. The summed E-state index contributed by atoms with van der Waals surface area (Å²) in [6, 6.07) is 20.6. The van der Waals surface area contributed by atoms with Crippen molar-refractivity contribution in [2.75, 3.05) is 19.0 Å². The highest BCUT2D eigenvalue weighted by Gasteiger charge is 2.08. The third-order valence-electron chi connectivity index (χ3n) is 4.10. The fourth-order valence-corrected chi connectivity index (χ4v) is 2.78. The minimum absolute atomic E-state index is 0.152. The largest absolute Gasteiger partial charge is 0.495 e. The number of rotatable bonds is 8. The molecule has 7 nitrogen and oxygen atoms in total. The number of ether oxygens (including phenoxy) is 2. The van der Waals surface area contributed by atoms with Gasteiger partial charge in [0, 0.05) is 10.6 Å². The minimum atomic E-state index is -0.361. The van der Waals surface area contributed by atoms with Gasteiger partial charge < -0.3 is 14.8 Å². The van der Waals surface area contributed by atoms with E-state index in [4.69, 9.17) is 21.1 Å². The van der Waals surface area contributed by atoms with Crippen LogP contribution in [0.3, 0.4) is 0 Å². The molecule has 3 aromatic rings. The monoisotopic (exact) mass is 437 g/mol. The average Bonchev–Trinajstić information content (AvgIpc) is 2.79. The Balaban J connectivity index is 1.48. The first-order chi connectivity index (χ1) is 15.0. The van der Waals surface area contributed by atoms with Crippen LogP contribution in [0.15, 0.2) is 77.9 Å². The van der Waals surface area contributed by atoms with Crippen LogP contribution in [0.1, 0.15) is 15.9 Å². The fraction of sp³-hybridized carbons (Fsp3) is 0.0870. The van der Waals surface area contributed by atoms with Gasteiger partial charge in [-0.3, -0.25) is 9.59 Å². The molecule has 0 aliphatic rings. The van der Waals surface area contributed by atoms with E-state index < -0.39 is 0 Å². The van der Waals surface area contributed by atoms with Gasteiger partial charge in [0.2, 0.25) is 0 Å². The first-order valence-electron chi connectivity index (χ1n) is 9.30. The van der Waals surface area contributed by atoms with Crippen LogP contribution in [0, 0.1) is 0 Å². The Hall–Kier alpha value is -3.84. The number of carbonyl (C=O) groups is 2. The van der Waals surface area contributed by atoms with Crippen LogP contribution < -0.4 is 20.2 Å². The maximum Gasteiger partial charge on any atom is 0.271 e. The summed E-state index contributed by atoms with van der Waals surface area (Å²) in [5.41, 5.74) is 4.18. The Kier molecular flexibility index (Phi) is 7.61. The number of hydrazone groups is 1. The topological polar surface area (TPSA) is 89.0 Å². The molecule has 0 radical (unpaired) electrons. The van der Waals surface area contributed by atoms with Gasteiger partial charge in [0.05, 0.1) is 19.0 Å². The molecule has 0 heterocycles. The lowest BCUT2D eigenvalue weighted by atomic mass is 10.2. The van der Waals surface area contributed by atoms with E-state index in [1.165, 1.54) is 13.3 Å². The highest BCUT2D eigenvalue weighted by Crippen LogP contribution is 2.23. The first-order valence-corrected chi connectivity index (χ1v) is 9.67. The standard InChI is InChI=1S/C23H20ClN3O4/c1-30-21-8-3-2-7-20(21)26-22(28)15-31-19-11-9-16(10-12-19)14-25-27-23(29)17-5-4-6-18(24)13-17/h2-14H,15H2,1H3,(H,26,28)(H,27,29)/b25-14-. The number of anilines is 1. The van der Waals surface area contributed by atoms with E-state index in [0.29, 0.717) is 27.8 Å².